The standard InChI is InChI=1S/3CHNO.K.H2S/c3*2-1-3;;/h3*3H;;1H2/q;;;+1;/p-1. The van der Waals surface area contributed by atoms with E-state index >= 15 is 0 Å². The van der Waals surface area contributed by atoms with Gasteiger partial charge in [0.05, 0.1) is 0 Å². The Hall–Kier alpha value is -0.144. The van der Waals surface area contributed by atoms with Crippen molar-refractivity contribution in [2.24, 2.45) is 0 Å². The molecule has 0 aromatic carbocycles. The van der Waals surface area contributed by atoms with Crippen LogP contribution in [0.3, 0.4) is 0 Å². The number of aliphatic hydroxyl groups is 2. The minimum atomic E-state index is 0. The van der Waals surface area contributed by atoms with E-state index in [0.717, 1.165) is 12.5 Å². The zero-order valence-electron chi connectivity index (χ0n) is 5.64. The molecule has 0 aliphatic heterocycles. The first-order valence-corrected chi connectivity index (χ1v) is 1.32. The Balaban J connectivity index is -0.0000000150. The molecule has 0 fully saturated rings. The average molecular weight is 201 g/mol. The molecule has 11 heavy (non-hydrogen) atoms. The molecule has 0 aromatic heterocycles. The molecule has 0 spiro atoms. The summed E-state index contributed by atoms with van der Waals surface area (Å²) in [5, 5.41) is 42.5. The van der Waals surface area contributed by atoms with Crippen LogP contribution in [-0.2, 0) is 0 Å². The molecule has 0 atom stereocenters. The summed E-state index contributed by atoms with van der Waals surface area (Å²) in [6, 6.07) is 0. The molecule has 8 heteroatoms. The van der Waals surface area contributed by atoms with Crippen LogP contribution in [0.5, 0.6) is 0 Å². The van der Waals surface area contributed by atoms with Gasteiger partial charge in [-0.15, -0.1) is 0 Å². The molecule has 0 radical (unpaired) electrons. The molecule has 0 amide bonds. The third-order valence-electron chi connectivity index (χ3n) is 0. The summed E-state index contributed by atoms with van der Waals surface area (Å²) >= 11 is 0. The second kappa shape index (κ2) is 94.8. The van der Waals surface area contributed by atoms with E-state index in [-0.39, 0.29) is 64.9 Å². The average Bonchev–Trinajstić information content (AvgIpc) is 1.70. The minimum absolute atomic E-state index is 0. The van der Waals surface area contributed by atoms with Crippen LogP contribution < -0.4 is 56.5 Å². The van der Waals surface area contributed by atoms with Gasteiger partial charge in [-0.25, -0.2) is 5.26 Å². The number of nitrogens with zero attached hydrogens (tertiary/aromatic N) is 3. The van der Waals surface area contributed by atoms with Crippen molar-refractivity contribution in [2.75, 3.05) is 0 Å². The smallest absolute Gasteiger partial charge is 0.812 e. The Morgan fingerprint density at radius 1 is 1.00 bits per heavy atom. The maximum absolute atomic E-state index is 8.24. The van der Waals surface area contributed by atoms with Gasteiger partial charge in [0.2, 0.25) is 0 Å². The van der Waals surface area contributed by atoms with Crippen molar-refractivity contribution in [1.29, 1.82) is 15.8 Å². The van der Waals surface area contributed by atoms with E-state index in [1.54, 1.807) is 0 Å². The summed E-state index contributed by atoms with van der Waals surface area (Å²) in [4.78, 5) is 0. The Bertz CT molecular complexity index is 117. The van der Waals surface area contributed by atoms with Gasteiger partial charge in [0.15, 0.2) is 0 Å². The maximum Gasteiger partial charge on any atom is 1.00 e. The summed E-state index contributed by atoms with van der Waals surface area (Å²) < 4.78 is 0. The van der Waals surface area contributed by atoms with Gasteiger partial charge < -0.3 is 15.3 Å². The minimum Gasteiger partial charge on any atom is -0.812 e. The summed E-state index contributed by atoms with van der Waals surface area (Å²) in [6.07, 6.45) is 2.00. The SMILES string of the molecule is N#CO.N#CO.N#C[O-].S.[K+]. The molecule has 56 valence electrons. The molecular formula is C3H4KN3O3S. The fraction of sp³-hybridized carbons (Fsp3) is 0. The molecule has 0 saturated heterocycles. The largest absolute Gasteiger partial charge is 1.00 e. The van der Waals surface area contributed by atoms with E-state index in [1.165, 1.54) is 0 Å². The first-order valence-electron chi connectivity index (χ1n) is 1.32. The number of hydrogen-bond acceptors (Lipinski definition) is 6. The van der Waals surface area contributed by atoms with Crippen molar-refractivity contribution in [3.63, 3.8) is 0 Å². The quantitative estimate of drug-likeness (QED) is 0.300. The molecule has 0 aliphatic rings. The number of rotatable bonds is 0. The van der Waals surface area contributed by atoms with Crippen LogP contribution in [-0.4, -0.2) is 10.2 Å². The van der Waals surface area contributed by atoms with E-state index < -0.39 is 0 Å². The predicted molar refractivity (Wildman–Crippen MR) is 31.1 cm³/mol. The van der Waals surface area contributed by atoms with E-state index in [2.05, 4.69) is 0 Å². The molecule has 6 nitrogen and oxygen atoms in total. The zero-order chi connectivity index (χ0) is 8.12. The van der Waals surface area contributed by atoms with Crippen molar-refractivity contribution in [2.45, 2.75) is 0 Å². The third-order valence-corrected chi connectivity index (χ3v) is 0. The topological polar surface area (TPSA) is 135 Å². The van der Waals surface area contributed by atoms with Gasteiger partial charge in [0, 0.05) is 6.26 Å². The fourth-order valence-corrected chi connectivity index (χ4v) is 0. The Morgan fingerprint density at radius 2 is 1.00 bits per heavy atom. The predicted octanol–water partition coefficient (Wildman–Crippen LogP) is -4.38. The van der Waals surface area contributed by atoms with Crippen LogP contribution >= 0.6 is 13.5 Å². The maximum atomic E-state index is 8.24. The van der Waals surface area contributed by atoms with Crippen molar-refractivity contribution in [3.05, 3.63) is 0 Å². The van der Waals surface area contributed by atoms with Crippen molar-refractivity contribution in [3.8, 4) is 18.8 Å². The number of aliphatic hydroxyl groups excluding tert-OH is 2. The van der Waals surface area contributed by atoms with Gasteiger partial charge in [-0.2, -0.15) is 24.0 Å². The van der Waals surface area contributed by atoms with E-state index in [1.807, 2.05) is 0 Å². The molecule has 0 bridgehead atoms. The number of hydrogen-bond donors (Lipinski definition) is 2. The molecule has 0 aromatic rings. The Labute approximate surface area is 113 Å². The molecule has 2 N–H and O–H groups in total. The van der Waals surface area contributed by atoms with Crippen LogP contribution in [0.25, 0.3) is 0 Å². The van der Waals surface area contributed by atoms with Crippen LogP contribution in [0.1, 0.15) is 0 Å². The first-order chi connectivity index (χ1) is 4.24. The molecule has 0 rings (SSSR count). The summed E-state index contributed by atoms with van der Waals surface area (Å²) in [5.41, 5.74) is 0. The molecule has 0 saturated carbocycles. The van der Waals surface area contributed by atoms with Crippen molar-refractivity contribution in [1.82, 2.24) is 0 Å². The second-order valence-electron chi connectivity index (χ2n) is 0.291. The van der Waals surface area contributed by atoms with Gasteiger partial charge in [0.1, 0.15) is 0 Å². The van der Waals surface area contributed by atoms with Gasteiger partial charge in [-0.05, 0) is 0 Å². The first kappa shape index (κ1) is 30.8. The van der Waals surface area contributed by atoms with Crippen LogP contribution in [0.15, 0.2) is 0 Å². The monoisotopic (exact) mass is 201 g/mol. The molecule has 0 heterocycles. The van der Waals surface area contributed by atoms with Crippen molar-refractivity contribution >= 4 is 13.5 Å². The van der Waals surface area contributed by atoms with E-state index in [4.69, 9.17) is 31.1 Å². The van der Waals surface area contributed by atoms with Crippen molar-refractivity contribution < 1.29 is 66.7 Å². The van der Waals surface area contributed by atoms with E-state index in [9.17, 15) is 0 Å². The molecule has 0 unspecified atom stereocenters. The summed E-state index contributed by atoms with van der Waals surface area (Å²) in [7, 11) is 0. The van der Waals surface area contributed by atoms with Gasteiger partial charge in [0.25, 0.3) is 12.5 Å². The van der Waals surface area contributed by atoms with Gasteiger partial charge in [-0.3, -0.25) is 0 Å². The van der Waals surface area contributed by atoms with E-state index in [0.29, 0.717) is 6.26 Å². The third kappa shape index (κ3) is 29500. The summed E-state index contributed by atoms with van der Waals surface area (Å²) in [5.74, 6) is 0. The normalized spacial score (nSPS) is 1.91. The van der Waals surface area contributed by atoms with Gasteiger partial charge >= 0.3 is 51.4 Å². The Morgan fingerprint density at radius 3 is 1.00 bits per heavy atom. The second-order valence-corrected chi connectivity index (χ2v) is 0.291. The summed E-state index contributed by atoms with van der Waals surface area (Å²) in [6.45, 7) is 0. The van der Waals surface area contributed by atoms with Crippen LogP contribution in [0.4, 0.5) is 0 Å². The zero-order valence-corrected chi connectivity index (χ0v) is 9.77. The van der Waals surface area contributed by atoms with Gasteiger partial charge in [-0.1, -0.05) is 0 Å². The molecule has 0 aliphatic carbocycles. The van der Waals surface area contributed by atoms with Crippen LogP contribution in [0.2, 0.25) is 0 Å². The van der Waals surface area contributed by atoms with Crippen LogP contribution in [0, 0.1) is 34.6 Å². The fourth-order valence-electron chi connectivity index (χ4n) is 0. The number of nitriles is 3. The Kier molecular flexibility index (Phi) is 265. The molecular weight excluding hydrogens is 197 g/mol.